The molecule has 34 heavy (non-hydrogen) atoms. The molecular formula is C28H53ClN2O3. The summed E-state index contributed by atoms with van der Waals surface area (Å²) in [6, 6.07) is 0. The Balaban J connectivity index is 0.00000578. The van der Waals surface area contributed by atoms with Gasteiger partial charge in [0.05, 0.1) is 6.54 Å². The number of carbonyl (C=O) groups is 2. The van der Waals surface area contributed by atoms with Crippen LogP contribution < -0.4 is 0 Å². The number of piperidine rings is 1. The second kappa shape index (κ2) is 20.4. The summed E-state index contributed by atoms with van der Waals surface area (Å²) in [4.78, 5) is 28.9. The normalized spacial score (nSPS) is 17.6. The van der Waals surface area contributed by atoms with Gasteiger partial charge in [-0.3, -0.25) is 14.5 Å². The van der Waals surface area contributed by atoms with Gasteiger partial charge in [0.2, 0.25) is 5.91 Å². The van der Waals surface area contributed by atoms with Gasteiger partial charge in [-0.1, -0.05) is 90.4 Å². The molecule has 2 heterocycles. The molecule has 2 aliphatic heterocycles. The quantitative estimate of drug-likeness (QED) is 0.143. The molecule has 1 atom stereocenters. The highest BCUT2D eigenvalue weighted by Crippen LogP contribution is 2.16. The Hall–Kier alpha value is -0.810. The van der Waals surface area contributed by atoms with Crippen molar-refractivity contribution < 1.29 is 14.3 Å². The Bertz CT molecular complexity index is 526. The van der Waals surface area contributed by atoms with E-state index in [1.807, 2.05) is 4.90 Å². The summed E-state index contributed by atoms with van der Waals surface area (Å²) in [5, 5.41) is 0. The number of rotatable bonds is 19. The van der Waals surface area contributed by atoms with E-state index in [-0.39, 0.29) is 30.4 Å². The molecule has 0 spiro atoms. The Morgan fingerprint density at radius 1 is 0.765 bits per heavy atom. The Labute approximate surface area is 216 Å². The molecule has 1 amide bonds. The number of carbonyl (C=O) groups excluding carboxylic acids is 2. The lowest BCUT2D eigenvalue weighted by atomic mass is 10.0. The van der Waals surface area contributed by atoms with E-state index in [2.05, 4.69) is 11.8 Å². The number of unbranched alkanes of at least 4 members (excludes halogenated alkanes) is 12. The number of hydrogen-bond donors (Lipinski definition) is 0. The molecule has 0 bridgehead atoms. The lowest BCUT2D eigenvalue weighted by Crippen LogP contribution is -2.44. The molecule has 0 N–H and O–H groups in total. The van der Waals surface area contributed by atoms with Crippen molar-refractivity contribution in [2.24, 2.45) is 0 Å². The minimum atomic E-state index is -0.181. The minimum absolute atomic E-state index is 0. The smallest absolute Gasteiger partial charge is 0.306 e. The number of hydrogen-bond acceptors (Lipinski definition) is 4. The van der Waals surface area contributed by atoms with Gasteiger partial charge in [0.1, 0.15) is 6.10 Å². The summed E-state index contributed by atoms with van der Waals surface area (Å²) < 4.78 is 5.90. The van der Waals surface area contributed by atoms with Crippen molar-refractivity contribution in [3.63, 3.8) is 0 Å². The molecule has 5 nitrogen and oxygen atoms in total. The van der Waals surface area contributed by atoms with Crippen LogP contribution in [0.1, 0.15) is 129 Å². The largest absolute Gasteiger partial charge is 0.459 e. The van der Waals surface area contributed by atoms with Gasteiger partial charge in [0.25, 0.3) is 0 Å². The zero-order valence-corrected chi connectivity index (χ0v) is 22.9. The SMILES string of the molecule is CCCCCCCCCCCCCCCC(=O)OC(CN1CCCCC1)CN1CCCC1=O.Cl. The van der Waals surface area contributed by atoms with Crippen LogP contribution in [0.5, 0.6) is 0 Å². The first-order chi connectivity index (χ1) is 16.2. The molecule has 0 aliphatic carbocycles. The van der Waals surface area contributed by atoms with Crippen LogP contribution in [0.2, 0.25) is 0 Å². The van der Waals surface area contributed by atoms with Gasteiger partial charge in [0, 0.05) is 25.9 Å². The summed E-state index contributed by atoms with van der Waals surface area (Å²) >= 11 is 0. The summed E-state index contributed by atoms with van der Waals surface area (Å²) in [7, 11) is 0. The van der Waals surface area contributed by atoms with Crippen LogP contribution in [-0.2, 0) is 14.3 Å². The van der Waals surface area contributed by atoms with Gasteiger partial charge in [-0.05, 0) is 38.8 Å². The van der Waals surface area contributed by atoms with Crippen LogP contribution in [0.3, 0.4) is 0 Å². The molecule has 0 saturated carbocycles. The molecule has 0 aromatic heterocycles. The van der Waals surface area contributed by atoms with E-state index in [1.165, 1.54) is 89.9 Å². The van der Waals surface area contributed by atoms with Crippen molar-refractivity contribution >= 4 is 24.3 Å². The fraction of sp³-hybridized carbons (Fsp3) is 0.929. The third kappa shape index (κ3) is 14.6. The third-order valence-electron chi connectivity index (χ3n) is 7.29. The molecule has 0 aromatic rings. The first-order valence-corrected chi connectivity index (χ1v) is 14.4. The average molecular weight is 501 g/mol. The summed E-state index contributed by atoms with van der Waals surface area (Å²) in [5.74, 6) is 0.137. The zero-order valence-electron chi connectivity index (χ0n) is 22.1. The van der Waals surface area contributed by atoms with E-state index in [4.69, 9.17) is 4.74 Å². The van der Waals surface area contributed by atoms with E-state index in [0.29, 0.717) is 19.4 Å². The van der Waals surface area contributed by atoms with Crippen molar-refractivity contribution in [3.8, 4) is 0 Å². The maximum Gasteiger partial charge on any atom is 0.306 e. The summed E-state index contributed by atoms with van der Waals surface area (Å²) in [6.07, 6.45) is 22.7. The number of likely N-dealkylation sites (tertiary alicyclic amines) is 2. The molecule has 2 aliphatic rings. The predicted octanol–water partition coefficient (Wildman–Crippen LogP) is 6.91. The minimum Gasteiger partial charge on any atom is -0.459 e. The first kappa shape index (κ1) is 31.2. The fourth-order valence-electron chi connectivity index (χ4n) is 5.24. The fourth-order valence-corrected chi connectivity index (χ4v) is 5.24. The second-order valence-corrected chi connectivity index (χ2v) is 10.4. The highest BCUT2D eigenvalue weighted by Gasteiger charge is 2.27. The molecule has 2 saturated heterocycles. The maximum atomic E-state index is 12.5. The van der Waals surface area contributed by atoms with E-state index in [9.17, 15) is 9.59 Å². The molecule has 2 fully saturated rings. The lowest BCUT2D eigenvalue weighted by molar-refractivity contribution is -0.152. The molecule has 200 valence electrons. The van der Waals surface area contributed by atoms with Gasteiger partial charge in [-0.15, -0.1) is 12.4 Å². The summed E-state index contributed by atoms with van der Waals surface area (Å²) in [5.41, 5.74) is 0. The van der Waals surface area contributed by atoms with Gasteiger partial charge in [0.15, 0.2) is 0 Å². The first-order valence-electron chi connectivity index (χ1n) is 14.4. The van der Waals surface area contributed by atoms with E-state index in [0.717, 1.165) is 45.4 Å². The Kier molecular flexibility index (Phi) is 18.7. The highest BCUT2D eigenvalue weighted by molar-refractivity contribution is 5.85. The predicted molar refractivity (Wildman–Crippen MR) is 144 cm³/mol. The van der Waals surface area contributed by atoms with Crippen molar-refractivity contribution in [1.29, 1.82) is 0 Å². The molecule has 2 rings (SSSR count). The van der Waals surface area contributed by atoms with Gasteiger partial charge < -0.3 is 9.64 Å². The topological polar surface area (TPSA) is 49.9 Å². The van der Waals surface area contributed by atoms with E-state index >= 15 is 0 Å². The molecule has 6 heteroatoms. The highest BCUT2D eigenvalue weighted by atomic mass is 35.5. The van der Waals surface area contributed by atoms with E-state index in [1.54, 1.807) is 0 Å². The molecule has 0 radical (unpaired) electrons. The average Bonchev–Trinajstić information content (AvgIpc) is 3.21. The third-order valence-corrected chi connectivity index (χ3v) is 7.29. The number of esters is 1. The van der Waals surface area contributed by atoms with Crippen LogP contribution in [0.4, 0.5) is 0 Å². The van der Waals surface area contributed by atoms with Crippen LogP contribution in [0, 0.1) is 0 Å². The number of ether oxygens (including phenoxy) is 1. The number of halogens is 1. The van der Waals surface area contributed by atoms with Crippen LogP contribution in [0.15, 0.2) is 0 Å². The Morgan fingerprint density at radius 3 is 1.85 bits per heavy atom. The zero-order chi connectivity index (χ0) is 23.6. The maximum absolute atomic E-state index is 12.5. The van der Waals surface area contributed by atoms with Crippen molar-refractivity contribution in [3.05, 3.63) is 0 Å². The Morgan fingerprint density at radius 2 is 1.32 bits per heavy atom. The monoisotopic (exact) mass is 500 g/mol. The lowest BCUT2D eigenvalue weighted by Gasteiger charge is -2.32. The van der Waals surface area contributed by atoms with Crippen LogP contribution in [-0.4, -0.2) is 60.5 Å². The van der Waals surface area contributed by atoms with Crippen molar-refractivity contribution in [1.82, 2.24) is 9.80 Å². The van der Waals surface area contributed by atoms with Crippen LogP contribution in [0.25, 0.3) is 0 Å². The van der Waals surface area contributed by atoms with Gasteiger partial charge >= 0.3 is 5.97 Å². The van der Waals surface area contributed by atoms with Gasteiger partial charge in [-0.2, -0.15) is 0 Å². The molecule has 0 aromatic carbocycles. The molecular weight excluding hydrogens is 448 g/mol. The standard InChI is InChI=1S/C28H52N2O3.ClH/c1-2-3-4-5-6-7-8-9-10-11-12-13-15-20-28(32)33-26(24-29-21-16-14-17-22-29)25-30-23-18-19-27(30)31;/h26H,2-25H2,1H3;1H. The summed E-state index contributed by atoms with van der Waals surface area (Å²) in [6.45, 7) is 6.59. The van der Waals surface area contributed by atoms with Crippen molar-refractivity contribution in [2.45, 2.75) is 135 Å². The van der Waals surface area contributed by atoms with E-state index < -0.39 is 0 Å². The van der Waals surface area contributed by atoms with Crippen molar-refractivity contribution in [2.75, 3.05) is 32.7 Å². The van der Waals surface area contributed by atoms with Gasteiger partial charge in [-0.25, -0.2) is 0 Å². The molecule has 1 unspecified atom stereocenters. The number of nitrogens with zero attached hydrogens (tertiary/aromatic N) is 2. The van der Waals surface area contributed by atoms with Crippen LogP contribution >= 0.6 is 12.4 Å². The second-order valence-electron chi connectivity index (χ2n) is 10.4. The number of amides is 1.